The minimum absolute atomic E-state index is 0.0589. The van der Waals surface area contributed by atoms with Gasteiger partial charge >= 0.3 is 0 Å². The number of carbonyl (C=O) groups excluding carboxylic acids is 2. The minimum Gasteiger partial charge on any atom is -0.326 e. The van der Waals surface area contributed by atoms with E-state index in [1.165, 1.54) is 9.89 Å². The maximum atomic E-state index is 13.6. The van der Waals surface area contributed by atoms with Gasteiger partial charge < -0.3 is 4.90 Å². The van der Waals surface area contributed by atoms with Crippen LogP contribution in [-0.2, 0) is 25.8 Å². The van der Waals surface area contributed by atoms with Crippen LogP contribution in [0.3, 0.4) is 0 Å². The van der Waals surface area contributed by atoms with Crippen LogP contribution in [-0.4, -0.2) is 59.9 Å². The second kappa shape index (κ2) is 7.87. The molecule has 0 aliphatic carbocycles. The number of hydrazone groups is 1. The predicted molar refractivity (Wildman–Crippen MR) is 119 cm³/mol. The van der Waals surface area contributed by atoms with Gasteiger partial charge in [0.25, 0.3) is 5.91 Å². The molecular formula is C22H23N3O4S2. The largest absolute Gasteiger partial charge is 0.326 e. The van der Waals surface area contributed by atoms with E-state index in [4.69, 9.17) is 0 Å². The molecule has 31 heavy (non-hydrogen) atoms. The molecule has 2 aromatic rings. The molecule has 5 rings (SSSR count). The van der Waals surface area contributed by atoms with Crippen molar-refractivity contribution >= 4 is 38.7 Å². The Morgan fingerprint density at radius 1 is 1.10 bits per heavy atom. The van der Waals surface area contributed by atoms with Crippen LogP contribution in [0.4, 0.5) is 0 Å². The van der Waals surface area contributed by atoms with Gasteiger partial charge in [0.15, 0.2) is 9.84 Å². The third-order valence-electron chi connectivity index (χ3n) is 6.20. The zero-order valence-electron chi connectivity index (χ0n) is 16.9. The van der Waals surface area contributed by atoms with Crippen LogP contribution in [0.25, 0.3) is 0 Å². The summed E-state index contributed by atoms with van der Waals surface area (Å²) in [5, 5.41) is 7.73. The Morgan fingerprint density at radius 3 is 2.65 bits per heavy atom. The Hall–Kier alpha value is -2.52. The quantitative estimate of drug-likeness (QED) is 0.708. The van der Waals surface area contributed by atoms with Gasteiger partial charge in [-0.05, 0) is 35.4 Å². The second-order valence-electron chi connectivity index (χ2n) is 8.20. The fraction of sp³-hybridized carbons (Fsp3) is 0.409. The molecule has 0 radical (unpaired) electrons. The molecule has 1 fully saturated rings. The molecule has 3 aliphatic rings. The molecule has 4 heterocycles. The highest BCUT2D eigenvalue weighted by molar-refractivity contribution is 7.91. The number of thiophene rings is 1. The van der Waals surface area contributed by atoms with Crippen molar-refractivity contribution in [2.45, 2.75) is 37.8 Å². The summed E-state index contributed by atoms with van der Waals surface area (Å²) in [6.07, 6.45) is 1.61. The van der Waals surface area contributed by atoms with E-state index in [0.29, 0.717) is 18.7 Å². The summed E-state index contributed by atoms with van der Waals surface area (Å²) in [7, 11) is -3.16. The van der Waals surface area contributed by atoms with Gasteiger partial charge in [-0.25, -0.2) is 13.4 Å². The van der Waals surface area contributed by atoms with Gasteiger partial charge in [0.2, 0.25) is 5.91 Å². The highest BCUT2D eigenvalue weighted by Crippen LogP contribution is 2.38. The van der Waals surface area contributed by atoms with Crippen molar-refractivity contribution in [3.05, 3.63) is 57.8 Å². The zero-order chi connectivity index (χ0) is 21.6. The monoisotopic (exact) mass is 457 g/mol. The molecule has 2 unspecified atom stereocenters. The summed E-state index contributed by atoms with van der Waals surface area (Å²) in [6.45, 7) is 0.580. The topological polar surface area (TPSA) is 87.1 Å². The van der Waals surface area contributed by atoms with E-state index >= 15 is 0 Å². The Kier molecular flexibility index (Phi) is 5.18. The normalized spacial score (nSPS) is 25.3. The van der Waals surface area contributed by atoms with Gasteiger partial charge in [-0.15, -0.1) is 11.3 Å². The zero-order valence-corrected chi connectivity index (χ0v) is 18.6. The van der Waals surface area contributed by atoms with Crippen LogP contribution in [0.15, 0.2) is 46.9 Å². The SMILES string of the molecule is O=C(C1=NN(C2CCS(=O)(=O)C2)C(=O)CC1)N1CCc2sccc2C1c1ccccc1. The molecule has 1 aromatic heterocycles. The van der Waals surface area contributed by atoms with E-state index in [1.807, 2.05) is 35.2 Å². The van der Waals surface area contributed by atoms with Gasteiger partial charge in [0, 0.05) is 24.3 Å². The molecular weight excluding hydrogens is 434 g/mol. The molecule has 0 spiro atoms. The van der Waals surface area contributed by atoms with E-state index in [-0.39, 0.29) is 42.2 Å². The summed E-state index contributed by atoms with van der Waals surface area (Å²) < 4.78 is 23.8. The molecule has 9 heteroatoms. The molecule has 2 amide bonds. The van der Waals surface area contributed by atoms with Crippen molar-refractivity contribution in [2.75, 3.05) is 18.1 Å². The highest BCUT2D eigenvalue weighted by Gasteiger charge is 2.40. The van der Waals surface area contributed by atoms with Crippen molar-refractivity contribution < 1.29 is 18.0 Å². The number of hydrogen-bond donors (Lipinski definition) is 0. The summed E-state index contributed by atoms with van der Waals surface area (Å²) in [5.41, 5.74) is 2.52. The highest BCUT2D eigenvalue weighted by atomic mass is 32.2. The van der Waals surface area contributed by atoms with Gasteiger partial charge in [0.05, 0.1) is 23.6 Å². The lowest BCUT2D eigenvalue weighted by atomic mass is 9.92. The van der Waals surface area contributed by atoms with E-state index < -0.39 is 15.9 Å². The number of hydrogen-bond acceptors (Lipinski definition) is 6. The minimum atomic E-state index is -3.16. The molecule has 1 aromatic carbocycles. The van der Waals surface area contributed by atoms with E-state index in [9.17, 15) is 18.0 Å². The first kappa shape index (κ1) is 20.4. The van der Waals surface area contributed by atoms with E-state index in [1.54, 1.807) is 11.3 Å². The third kappa shape index (κ3) is 3.80. The van der Waals surface area contributed by atoms with Crippen LogP contribution < -0.4 is 0 Å². The van der Waals surface area contributed by atoms with Crippen molar-refractivity contribution in [3.8, 4) is 0 Å². The molecule has 0 N–H and O–H groups in total. The smallest absolute Gasteiger partial charge is 0.270 e. The summed E-state index contributed by atoms with van der Waals surface area (Å²) in [5.74, 6) is -0.414. The number of benzene rings is 1. The standard InChI is InChI=1S/C22H23N3O4S2/c26-20-7-6-18(23-25(20)16-10-13-31(28,29)14-16)22(27)24-11-8-19-17(9-12-30-19)21(24)15-4-2-1-3-5-15/h1-5,9,12,16,21H,6-8,10-11,13-14H2. The van der Waals surface area contributed by atoms with Gasteiger partial charge in [0.1, 0.15) is 5.71 Å². The van der Waals surface area contributed by atoms with Gasteiger partial charge in [-0.3, -0.25) is 9.59 Å². The Bertz CT molecular complexity index is 1160. The van der Waals surface area contributed by atoms with Crippen LogP contribution in [0.1, 0.15) is 41.3 Å². The van der Waals surface area contributed by atoms with Crippen LogP contribution in [0.5, 0.6) is 0 Å². The molecule has 7 nitrogen and oxygen atoms in total. The lowest BCUT2D eigenvalue weighted by Crippen LogP contribution is -2.47. The van der Waals surface area contributed by atoms with E-state index in [0.717, 1.165) is 17.5 Å². The first-order valence-corrected chi connectivity index (χ1v) is 13.2. The van der Waals surface area contributed by atoms with Crippen LogP contribution in [0, 0.1) is 0 Å². The maximum absolute atomic E-state index is 13.6. The summed E-state index contributed by atoms with van der Waals surface area (Å²) in [6, 6.07) is 11.4. The van der Waals surface area contributed by atoms with Gasteiger partial charge in [-0.1, -0.05) is 30.3 Å². The lowest BCUT2D eigenvalue weighted by molar-refractivity contribution is -0.134. The first-order chi connectivity index (χ1) is 14.9. The molecule has 3 aliphatic heterocycles. The average molecular weight is 458 g/mol. The number of amides is 2. The van der Waals surface area contributed by atoms with Crippen molar-refractivity contribution in [2.24, 2.45) is 5.10 Å². The fourth-order valence-corrected chi connectivity index (χ4v) is 7.27. The molecule has 0 bridgehead atoms. The fourth-order valence-electron chi connectivity index (χ4n) is 4.67. The van der Waals surface area contributed by atoms with E-state index in [2.05, 4.69) is 16.5 Å². The molecule has 162 valence electrons. The Balaban J connectivity index is 1.47. The Labute approximate surface area is 185 Å². The maximum Gasteiger partial charge on any atom is 0.270 e. The number of rotatable bonds is 3. The number of carbonyl (C=O) groups is 2. The number of sulfone groups is 1. The lowest BCUT2D eigenvalue weighted by Gasteiger charge is -2.37. The van der Waals surface area contributed by atoms with Crippen molar-refractivity contribution in [3.63, 3.8) is 0 Å². The Morgan fingerprint density at radius 2 is 1.90 bits per heavy atom. The third-order valence-corrected chi connectivity index (χ3v) is 8.95. The predicted octanol–water partition coefficient (Wildman–Crippen LogP) is 2.39. The number of fused-ring (bicyclic) bond motifs is 1. The first-order valence-electron chi connectivity index (χ1n) is 10.4. The van der Waals surface area contributed by atoms with Gasteiger partial charge in [-0.2, -0.15) is 5.10 Å². The summed E-state index contributed by atoms with van der Waals surface area (Å²) in [4.78, 5) is 29.2. The van der Waals surface area contributed by atoms with Crippen LogP contribution in [0.2, 0.25) is 0 Å². The molecule has 0 saturated carbocycles. The van der Waals surface area contributed by atoms with Crippen molar-refractivity contribution in [1.29, 1.82) is 0 Å². The van der Waals surface area contributed by atoms with Crippen molar-refractivity contribution in [1.82, 2.24) is 9.91 Å². The molecule has 1 saturated heterocycles. The summed E-state index contributed by atoms with van der Waals surface area (Å²) >= 11 is 1.71. The average Bonchev–Trinajstić information content (AvgIpc) is 3.39. The number of nitrogens with zero attached hydrogens (tertiary/aromatic N) is 3. The molecule has 2 atom stereocenters. The van der Waals surface area contributed by atoms with Crippen LogP contribution >= 0.6 is 11.3 Å². The second-order valence-corrected chi connectivity index (χ2v) is 11.4.